The highest BCUT2D eigenvalue weighted by atomic mass is 79.9. The molecular weight excluding hydrogens is 432 g/mol. The number of hydrogen-bond acceptors (Lipinski definition) is 4. The molecule has 1 aromatic carbocycles. The number of hydrogen-bond donors (Lipinski definition) is 0. The van der Waals surface area contributed by atoms with E-state index in [1.54, 1.807) is 11.1 Å². The molecule has 0 saturated carbocycles. The van der Waals surface area contributed by atoms with E-state index in [1.807, 2.05) is 40.9 Å². The van der Waals surface area contributed by atoms with Crippen LogP contribution in [0.25, 0.3) is 5.52 Å². The molecule has 3 heterocycles. The lowest BCUT2D eigenvalue weighted by Gasteiger charge is -2.23. The minimum Gasteiger partial charge on any atom is -0.445 e. The Balaban J connectivity index is 1.60. The van der Waals surface area contributed by atoms with Crippen LogP contribution in [-0.2, 0) is 11.3 Å². The standard InChI is InChI=1S/C19H18BrClN4O2/c1-12-9-14(18-23-16(20)15-17(21)22-7-8-24(15)18)25(10-12)19(26)27-11-13-5-3-2-4-6-13/h2-8,12,14H,9-11H2,1H3/t12-,14-/m0/s1. The summed E-state index contributed by atoms with van der Waals surface area (Å²) in [5.41, 5.74) is 1.66. The van der Waals surface area contributed by atoms with Crippen molar-refractivity contribution in [1.82, 2.24) is 19.3 Å². The second kappa shape index (κ2) is 7.48. The molecule has 0 bridgehead atoms. The molecule has 4 rings (SSSR count). The van der Waals surface area contributed by atoms with Gasteiger partial charge in [-0.1, -0.05) is 48.9 Å². The average Bonchev–Trinajstić information content (AvgIpc) is 3.21. The van der Waals surface area contributed by atoms with Crippen LogP contribution < -0.4 is 0 Å². The maximum absolute atomic E-state index is 12.8. The van der Waals surface area contributed by atoms with Gasteiger partial charge in [-0.2, -0.15) is 0 Å². The number of likely N-dealkylation sites (tertiary alicyclic amines) is 1. The van der Waals surface area contributed by atoms with E-state index >= 15 is 0 Å². The van der Waals surface area contributed by atoms with Crippen molar-refractivity contribution in [3.05, 3.63) is 63.9 Å². The van der Waals surface area contributed by atoms with Crippen LogP contribution >= 0.6 is 27.5 Å². The Morgan fingerprint density at radius 1 is 1.37 bits per heavy atom. The lowest BCUT2D eigenvalue weighted by Crippen LogP contribution is -2.32. The van der Waals surface area contributed by atoms with Crippen LogP contribution in [0.5, 0.6) is 0 Å². The number of fused-ring (bicyclic) bond motifs is 1. The largest absolute Gasteiger partial charge is 0.445 e. The normalized spacial score (nSPS) is 19.6. The van der Waals surface area contributed by atoms with E-state index < -0.39 is 0 Å². The zero-order chi connectivity index (χ0) is 19.0. The van der Waals surface area contributed by atoms with E-state index in [-0.39, 0.29) is 18.7 Å². The molecule has 2 aromatic heterocycles. The number of carbonyl (C=O) groups excluding carboxylic acids is 1. The molecule has 0 unspecified atom stereocenters. The summed E-state index contributed by atoms with van der Waals surface area (Å²) < 4.78 is 8.06. The van der Waals surface area contributed by atoms with Gasteiger partial charge in [-0.05, 0) is 33.8 Å². The summed E-state index contributed by atoms with van der Waals surface area (Å²) in [4.78, 5) is 23.3. The van der Waals surface area contributed by atoms with Gasteiger partial charge >= 0.3 is 6.09 Å². The first-order valence-corrected chi connectivity index (χ1v) is 9.87. The number of amides is 1. The number of carbonyl (C=O) groups is 1. The van der Waals surface area contributed by atoms with Crippen LogP contribution in [0.15, 0.2) is 47.3 Å². The van der Waals surface area contributed by atoms with Crippen molar-refractivity contribution in [2.75, 3.05) is 6.54 Å². The number of rotatable bonds is 3. The zero-order valence-electron chi connectivity index (χ0n) is 14.7. The molecule has 1 aliphatic heterocycles. The van der Waals surface area contributed by atoms with Crippen molar-refractivity contribution in [3.8, 4) is 0 Å². The Morgan fingerprint density at radius 3 is 2.93 bits per heavy atom. The molecule has 0 spiro atoms. The van der Waals surface area contributed by atoms with E-state index in [2.05, 4.69) is 32.8 Å². The predicted molar refractivity (Wildman–Crippen MR) is 106 cm³/mol. The summed E-state index contributed by atoms with van der Waals surface area (Å²) >= 11 is 9.68. The van der Waals surface area contributed by atoms with Crippen molar-refractivity contribution >= 4 is 39.1 Å². The van der Waals surface area contributed by atoms with Gasteiger partial charge < -0.3 is 4.74 Å². The maximum Gasteiger partial charge on any atom is 0.410 e. The number of aromatic nitrogens is 3. The van der Waals surface area contributed by atoms with E-state index in [9.17, 15) is 4.79 Å². The van der Waals surface area contributed by atoms with Crippen LogP contribution in [0, 0.1) is 5.92 Å². The van der Waals surface area contributed by atoms with Gasteiger partial charge in [0.05, 0.1) is 6.04 Å². The van der Waals surface area contributed by atoms with E-state index in [0.29, 0.717) is 27.7 Å². The summed E-state index contributed by atoms with van der Waals surface area (Å²) in [7, 11) is 0. The second-order valence-corrected chi connectivity index (χ2v) is 7.86. The molecule has 140 valence electrons. The molecule has 1 aliphatic rings. The molecule has 1 fully saturated rings. The van der Waals surface area contributed by atoms with E-state index in [4.69, 9.17) is 16.3 Å². The zero-order valence-corrected chi connectivity index (χ0v) is 17.0. The molecule has 1 saturated heterocycles. The first-order valence-electron chi connectivity index (χ1n) is 8.70. The van der Waals surface area contributed by atoms with Crippen LogP contribution in [0.3, 0.4) is 0 Å². The quantitative estimate of drug-likeness (QED) is 0.573. The minimum absolute atomic E-state index is 0.180. The van der Waals surface area contributed by atoms with Crippen molar-refractivity contribution < 1.29 is 9.53 Å². The molecule has 0 aliphatic carbocycles. The third-order valence-electron chi connectivity index (χ3n) is 4.74. The van der Waals surface area contributed by atoms with E-state index in [1.165, 1.54) is 0 Å². The van der Waals surface area contributed by atoms with Crippen molar-refractivity contribution in [2.24, 2.45) is 5.92 Å². The number of benzene rings is 1. The first-order chi connectivity index (χ1) is 13.0. The van der Waals surface area contributed by atoms with Crippen molar-refractivity contribution in [1.29, 1.82) is 0 Å². The highest BCUT2D eigenvalue weighted by molar-refractivity contribution is 9.10. The van der Waals surface area contributed by atoms with Crippen LogP contribution in [-0.4, -0.2) is 31.9 Å². The van der Waals surface area contributed by atoms with Gasteiger partial charge in [0.25, 0.3) is 0 Å². The summed E-state index contributed by atoms with van der Waals surface area (Å²) in [6, 6.07) is 9.48. The fourth-order valence-corrected chi connectivity index (χ4v) is 4.42. The fourth-order valence-electron chi connectivity index (χ4n) is 3.51. The third-order valence-corrected chi connectivity index (χ3v) is 5.57. The molecule has 6 nitrogen and oxygen atoms in total. The summed E-state index contributed by atoms with van der Waals surface area (Å²) in [5, 5.41) is 0.368. The smallest absolute Gasteiger partial charge is 0.410 e. The summed E-state index contributed by atoms with van der Waals surface area (Å²) in [6.45, 7) is 3.00. The van der Waals surface area contributed by atoms with E-state index in [0.717, 1.165) is 17.8 Å². The predicted octanol–water partition coefficient (Wildman–Crippen LogP) is 4.86. The summed E-state index contributed by atoms with van der Waals surface area (Å²) in [5.74, 6) is 1.10. The fraction of sp³-hybridized carbons (Fsp3) is 0.316. The molecule has 0 N–H and O–H groups in total. The lowest BCUT2D eigenvalue weighted by atomic mass is 10.1. The van der Waals surface area contributed by atoms with Gasteiger partial charge in [-0.3, -0.25) is 9.30 Å². The topological polar surface area (TPSA) is 59.7 Å². The Labute approximate surface area is 170 Å². The monoisotopic (exact) mass is 448 g/mol. The second-order valence-electron chi connectivity index (χ2n) is 6.75. The Kier molecular flexibility index (Phi) is 5.06. The highest BCUT2D eigenvalue weighted by Gasteiger charge is 2.38. The van der Waals surface area contributed by atoms with Gasteiger partial charge in [-0.15, -0.1) is 0 Å². The first kappa shape index (κ1) is 18.3. The average molecular weight is 450 g/mol. The van der Waals surface area contributed by atoms with Gasteiger partial charge in [0, 0.05) is 18.9 Å². The number of ether oxygens (including phenoxy) is 1. The van der Waals surface area contributed by atoms with Crippen molar-refractivity contribution in [3.63, 3.8) is 0 Å². The highest BCUT2D eigenvalue weighted by Crippen LogP contribution is 2.37. The lowest BCUT2D eigenvalue weighted by molar-refractivity contribution is 0.0901. The van der Waals surface area contributed by atoms with Gasteiger partial charge in [-0.25, -0.2) is 14.8 Å². The number of imidazole rings is 1. The number of nitrogens with zero attached hydrogens (tertiary/aromatic N) is 4. The Bertz CT molecular complexity index is 979. The minimum atomic E-state index is -0.332. The van der Waals surface area contributed by atoms with Gasteiger partial charge in [0.15, 0.2) is 5.15 Å². The third kappa shape index (κ3) is 3.53. The molecule has 1 amide bonds. The van der Waals surface area contributed by atoms with Crippen LogP contribution in [0.1, 0.15) is 30.8 Å². The number of halogens is 2. The van der Waals surface area contributed by atoms with Gasteiger partial charge in [0.1, 0.15) is 22.6 Å². The molecule has 27 heavy (non-hydrogen) atoms. The Morgan fingerprint density at radius 2 is 2.15 bits per heavy atom. The van der Waals surface area contributed by atoms with Gasteiger partial charge in [0.2, 0.25) is 0 Å². The van der Waals surface area contributed by atoms with Crippen LogP contribution in [0.4, 0.5) is 4.79 Å². The molecule has 8 heteroatoms. The maximum atomic E-state index is 12.8. The molecule has 0 radical (unpaired) electrons. The molecule has 3 aromatic rings. The van der Waals surface area contributed by atoms with Crippen molar-refractivity contribution in [2.45, 2.75) is 26.0 Å². The molecular formula is C19H18BrClN4O2. The van der Waals surface area contributed by atoms with Crippen LogP contribution in [0.2, 0.25) is 5.15 Å². The SMILES string of the molecule is C[C@H]1C[C@@H](c2nc(Br)c3c(Cl)nccn23)N(C(=O)OCc2ccccc2)C1. The summed E-state index contributed by atoms with van der Waals surface area (Å²) in [6.07, 6.45) is 3.92. The Hall–Kier alpha value is -2.12. The molecule has 2 atom stereocenters.